The number of phenols is 1. The van der Waals surface area contributed by atoms with E-state index in [1.165, 1.54) is 45.6 Å². The van der Waals surface area contributed by atoms with Crippen molar-refractivity contribution in [1.29, 1.82) is 0 Å². The zero-order valence-electron chi connectivity index (χ0n) is 27.1. The molecule has 0 bridgehead atoms. The lowest BCUT2D eigenvalue weighted by molar-refractivity contribution is -0.134. The van der Waals surface area contributed by atoms with Crippen LogP contribution < -0.4 is 10.1 Å². The summed E-state index contributed by atoms with van der Waals surface area (Å²) in [5.74, 6) is 8.89. The second kappa shape index (κ2) is 13.8. The van der Waals surface area contributed by atoms with E-state index in [1.807, 2.05) is 6.07 Å². The fourth-order valence-corrected chi connectivity index (χ4v) is 9.81. The molecule has 0 amide bonds. The SMILES string of the molecule is COc1cc2c(cc1O)C(CCCO)C#CC1(CCC(CCC3CC4CCC(=O)CC4NC34CCCCC4)CC1O)C(=O)CC2. The first-order valence-corrected chi connectivity index (χ1v) is 17.8. The highest BCUT2D eigenvalue weighted by Gasteiger charge is 2.50. The molecule has 4 fully saturated rings. The van der Waals surface area contributed by atoms with Crippen LogP contribution in [0.25, 0.3) is 0 Å². The molecule has 7 atom stereocenters. The number of hydrogen-bond acceptors (Lipinski definition) is 7. The van der Waals surface area contributed by atoms with Crippen LogP contribution in [0, 0.1) is 35.0 Å². The zero-order chi connectivity index (χ0) is 31.6. The highest BCUT2D eigenvalue weighted by molar-refractivity contribution is 5.89. The van der Waals surface area contributed by atoms with Crippen molar-refractivity contribution in [2.75, 3.05) is 13.7 Å². The van der Waals surface area contributed by atoms with Crippen LogP contribution in [0.5, 0.6) is 11.5 Å². The van der Waals surface area contributed by atoms with Crippen LogP contribution in [0.1, 0.15) is 126 Å². The summed E-state index contributed by atoms with van der Waals surface area (Å²) in [6.45, 7) is 0.0430. The van der Waals surface area contributed by atoms with Crippen LogP contribution >= 0.6 is 0 Å². The summed E-state index contributed by atoms with van der Waals surface area (Å²) in [4.78, 5) is 26.2. The van der Waals surface area contributed by atoms with Crippen LogP contribution in [-0.2, 0) is 16.0 Å². The number of aliphatic hydroxyl groups is 2. The van der Waals surface area contributed by atoms with Crippen molar-refractivity contribution in [3.05, 3.63) is 23.3 Å². The van der Waals surface area contributed by atoms with Crippen LogP contribution in [0.15, 0.2) is 12.1 Å². The maximum atomic E-state index is 13.9. The Hall–Kier alpha value is -2.40. The van der Waals surface area contributed by atoms with Gasteiger partial charge in [0.05, 0.1) is 13.2 Å². The van der Waals surface area contributed by atoms with Crippen molar-refractivity contribution in [1.82, 2.24) is 5.32 Å². The fourth-order valence-electron chi connectivity index (χ4n) is 9.81. The van der Waals surface area contributed by atoms with E-state index in [0.717, 1.165) is 43.2 Å². The van der Waals surface area contributed by atoms with Crippen molar-refractivity contribution in [2.24, 2.45) is 23.2 Å². The lowest BCUT2D eigenvalue weighted by atomic mass is 9.60. The van der Waals surface area contributed by atoms with Gasteiger partial charge in [0, 0.05) is 43.4 Å². The number of phenolic OH excluding ortho intramolecular Hbond substituents is 1. The first kappa shape index (κ1) is 32.5. The molecular formula is C38H53NO6. The number of carbonyl (C=O) groups is 2. The number of rotatable bonds is 7. The molecule has 3 saturated carbocycles. The van der Waals surface area contributed by atoms with Gasteiger partial charge in [-0.05, 0) is 112 Å². The zero-order valence-corrected chi connectivity index (χ0v) is 27.1. The number of nitrogens with one attached hydrogen (secondary N) is 1. The standard InChI is InChI=1S/C38H53NO6/c1-45-34-22-27-9-12-35(43)37(18-14-26(6-5-19-40)31(27)24-33(34)42)17-13-25(20-36(37)44)7-10-29-21-28-8-11-30(41)23-32(28)39-38(29)15-3-2-4-16-38/h22,24-26,28-29,32,36,39-40,42,44H,2-13,15-17,19-21,23H2,1H3. The molecule has 1 aromatic rings. The number of aromatic hydroxyl groups is 1. The number of aliphatic hydroxyl groups excluding tert-OH is 2. The van der Waals surface area contributed by atoms with Crippen LogP contribution in [0.3, 0.4) is 0 Å². The van der Waals surface area contributed by atoms with Crippen molar-refractivity contribution < 1.29 is 29.6 Å². The molecule has 45 heavy (non-hydrogen) atoms. The van der Waals surface area contributed by atoms with Gasteiger partial charge in [-0.2, -0.15) is 0 Å². The summed E-state index contributed by atoms with van der Waals surface area (Å²) < 4.78 is 5.36. The second-order valence-electron chi connectivity index (χ2n) is 15.0. The Morgan fingerprint density at radius 3 is 2.58 bits per heavy atom. The Kier molecular flexibility index (Phi) is 9.95. The smallest absolute Gasteiger partial charge is 0.160 e. The van der Waals surface area contributed by atoms with E-state index in [-0.39, 0.29) is 36.0 Å². The van der Waals surface area contributed by atoms with Crippen LogP contribution in [-0.4, -0.2) is 58.3 Å². The molecule has 2 spiro atoms. The fraction of sp³-hybridized carbons (Fsp3) is 0.737. The molecule has 5 aliphatic rings. The summed E-state index contributed by atoms with van der Waals surface area (Å²) in [6, 6.07) is 3.86. The molecule has 4 aliphatic carbocycles. The number of piperidine rings is 1. The topological polar surface area (TPSA) is 116 Å². The summed E-state index contributed by atoms with van der Waals surface area (Å²) in [5.41, 5.74) is 0.893. The Labute approximate surface area is 268 Å². The Morgan fingerprint density at radius 2 is 1.82 bits per heavy atom. The maximum Gasteiger partial charge on any atom is 0.160 e. The van der Waals surface area contributed by atoms with Crippen molar-refractivity contribution in [2.45, 2.75) is 139 Å². The molecule has 7 unspecified atom stereocenters. The van der Waals surface area contributed by atoms with Gasteiger partial charge in [0.15, 0.2) is 17.3 Å². The van der Waals surface area contributed by atoms with Crippen molar-refractivity contribution in [3.63, 3.8) is 0 Å². The van der Waals surface area contributed by atoms with E-state index in [4.69, 9.17) is 4.74 Å². The molecule has 7 heteroatoms. The van der Waals surface area contributed by atoms with E-state index >= 15 is 0 Å². The lowest BCUT2D eigenvalue weighted by Gasteiger charge is -2.54. The molecule has 7 nitrogen and oxygen atoms in total. The van der Waals surface area contributed by atoms with Gasteiger partial charge in [-0.15, -0.1) is 0 Å². The molecule has 1 heterocycles. The van der Waals surface area contributed by atoms with Gasteiger partial charge in [-0.25, -0.2) is 0 Å². The highest BCUT2D eigenvalue weighted by Crippen LogP contribution is 2.49. The third kappa shape index (κ3) is 6.58. The first-order valence-electron chi connectivity index (χ1n) is 17.8. The molecule has 1 aliphatic heterocycles. The van der Waals surface area contributed by atoms with Gasteiger partial charge in [0.2, 0.25) is 0 Å². The Bertz CT molecular complexity index is 1310. The third-order valence-electron chi connectivity index (χ3n) is 12.4. The molecule has 246 valence electrons. The van der Waals surface area contributed by atoms with E-state index in [9.17, 15) is 24.9 Å². The number of hydrogen-bond donors (Lipinski definition) is 4. The highest BCUT2D eigenvalue weighted by atomic mass is 16.5. The molecular weight excluding hydrogens is 566 g/mol. The molecule has 0 aromatic heterocycles. The summed E-state index contributed by atoms with van der Waals surface area (Å²) in [5, 5.41) is 36.0. The molecule has 0 radical (unpaired) electrons. The maximum absolute atomic E-state index is 13.9. The third-order valence-corrected chi connectivity index (χ3v) is 12.4. The molecule has 6 rings (SSSR count). The van der Waals surface area contributed by atoms with Crippen LogP contribution in [0.4, 0.5) is 0 Å². The van der Waals surface area contributed by atoms with Crippen molar-refractivity contribution in [3.8, 4) is 23.3 Å². The van der Waals surface area contributed by atoms with E-state index < -0.39 is 11.5 Å². The summed E-state index contributed by atoms with van der Waals surface area (Å²) in [7, 11) is 1.52. The quantitative estimate of drug-likeness (QED) is 0.287. The summed E-state index contributed by atoms with van der Waals surface area (Å²) in [6.07, 6.45) is 15.3. The second-order valence-corrected chi connectivity index (χ2v) is 15.0. The number of Topliss-reactive ketones (excluding diaryl/α,β-unsaturated/α-hetero) is 2. The average molecular weight is 620 g/mol. The number of benzene rings is 1. The number of ether oxygens (including phenoxy) is 1. The summed E-state index contributed by atoms with van der Waals surface area (Å²) >= 11 is 0. The minimum absolute atomic E-state index is 0.0114. The Balaban J connectivity index is 1.17. The van der Waals surface area contributed by atoms with Gasteiger partial charge in [0.25, 0.3) is 0 Å². The van der Waals surface area contributed by atoms with Gasteiger partial charge < -0.3 is 25.4 Å². The molecule has 1 saturated heterocycles. The van der Waals surface area contributed by atoms with Crippen molar-refractivity contribution >= 4 is 11.6 Å². The van der Waals surface area contributed by atoms with Gasteiger partial charge in [-0.1, -0.05) is 37.5 Å². The predicted octanol–water partition coefficient (Wildman–Crippen LogP) is 5.75. The van der Waals surface area contributed by atoms with Gasteiger partial charge >= 0.3 is 0 Å². The number of ketones is 2. The number of aryl methyl sites for hydroxylation is 1. The van der Waals surface area contributed by atoms with E-state index in [2.05, 4.69) is 17.2 Å². The van der Waals surface area contributed by atoms with Gasteiger partial charge in [-0.3, -0.25) is 9.59 Å². The Morgan fingerprint density at radius 1 is 1.00 bits per heavy atom. The minimum atomic E-state index is -1.07. The first-order chi connectivity index (χ1) is 21.8. The molecule has 4 N–H and O–H groups in total. The largest absolute Gasteiger partial charge is 0.504 e. The van der Waals surface area contributed by atoms with Crippen LogP contribution in [0.2, 0.25) is 0 Å². The normalized spacial score (nSPS) is 34.6. The monoisotopic (exact) mass is 619 g/mol. The van der Waals surface area contributed by atoms with E-state index in [1.54, 1.807) is 6.07 Å². The predicted molar refractivity (Wildman–Crippen MR) is 173 cm³/mol. The number of methoxy groups -OCH3 is 1. The van der Waals surface area contributed by atoms with E-state index in [0.29, 0.717) is 73.9 Å². The minimum Gasteiger partial charge on any atom is -0.504 e. The number of fused-ring (bicyclic) bond motifs is 2. The number of carbonyl (C=O) groups excluding carboxylic acids is 2. The molecule has 1 aromatic carbocycles. The van der Waals surface area contributed by atoms with Gasteiger partial charge in [0.1, 0.15) is 11.2 Å². The lowest BCUT2D eigenvalue weighted by Crippen LogP contribution is -2.63. The average Bonchev–Trinajstić information content (AvgIpc) is 3.08.